The van der Waals surface area contributed by atoms with Crippen molar-refractivity contribution in [3.63, 3.8) is 0 Å². The molecule has 1 unspecified atom stereocenters. The SMILES string of the molecule is Cc1ccc(S(=O)(=O)N2CCCC3OCCCC3=C2C2=CCCCC2)cc1. The van der Waals surface area contributed by atoms with E-state index in [2.05, 4.69) is 6.08 Å². The summed E-state index contributed by atoms with van der Waals surface area (Å²) in [7, 11) is -3.57. The highest BCUT2D eigenvalue weighted by Gasteiger charge is 2.36. The zero-order chi connectivity index (χ0) is 18.9. The Hall–Kier alpha value is -1.59. The van der Waals surface area contributed by atoms with Gasteiger partial charge in [-0.1, -0.05) is 23.8 Å². The van der Waals surface area contributed by atoms with Gasteiger partial charge in [-0.15, -0.1) is 0 Å². The Morgan fingerprint density at radius 1 is 1.04 bits per heavy atom. The van der Waals surface area contributed by atoms with Crippen molar-refractivity contribution < 1.29 is 13.2 Å². The molecule has 3 aliphatic rings. The van der Waals surface area contributed by atoms with Crippen LogP contribution in [0.2, 0.25) is 0 Å². The first-order chi connectivity index (χ1) is 13.1. The number of hydrogen-bond acceptors (Lipinski definition) is 3. The van der Waals surface area contributed by atoms with Crippen molar-refractivity contribution >= 4 is 10.0 Å². The zero-order valence-electron chi connectivity index (χ0n) is 16.1. The monoisotopic (exact) mass is 387 g/mol. The van der Waals surface area contributed by atoms with Crippen LogP contribution in [0.3, 0.4) is 0 Å². The van der Waals surface area contributed by atoms with Gasteiger partial charge < -0.3 is 4.74 Å². The van der Waals surface area contributed by atoms with E-state index in [1.54, 1.807) is 16.4 Å². The maximum atomic E-state index is 13.6. The first kappa shape index (κ1) is 18.8. The number of aryl methyl sites for hydroxylation is 1. The van der Waals surface area contributed by atoms with Crippen LogP contribution in [0.4, 0.5) is 0 Å². The third kappa shape index (κ3) is 3.72. The van der Waals surface area contributed by atoms with Crippen LogP contribution in [0.5, 0.6) is 0 Å². The second-order valence-electron chi connectivity index (χ2n) is 7.84. The van der Waals surface area contributed by atoms with Gasteiger partial charge in [0.05, 0.1) is 16.7 Å². The lowest BCUT2D eigenvalue weighted by molar-refractivity contribution is 0.0475. The topological polar surface area (TPSA) is 46.6 Å². The summed E-state index contributed by atoms with van der Waals surface area (Å²) in [6.45, 7) is 3.30. The molecule has 0 amide bonds. The average Bonchev–Trinajstić information content (AvgIpc) is 2.89. The summed E-state index contributed by atoms with van der Waals surface area (Å²) in [5.74, 6) is 0. The number of benzene rings is 1. The van der Waals surface area contributed by atoms with Crippen molar-refractivity contribution in [1.29, 1.82) is 0 Å². The summed E-state index contributed by atoms with van der Waals surface area (Å²) in [6, 6.07) is 7.23. The van der Waals surface area contributed by atoms with Crippen molar-refractivity contribution in [2.75, 3.05) is 13.2 Å². The molecule has 4 nitrogen and oxygen atoms in total. The minimum atomic E-state index is -3.57. The van der Waals surface area contributed by atoms with Gasteiger partial charge in [0.2, 0.25) is 0 Å². The molecule has 1 fully saturated rings. The Kier molecular flexibility index (Phi) is 5.42. The average molecular weight is 388 g/mol. The molecule has 27 heavy (non-hydrogen) atoms. The van der Waals surface area contributed by atoms with Crippen molar-refractivity contribution in [1.82, 2.24) is 4.31 Å². The van der Waals surface area contributed by atoms with Gasteiger partial charge in [-0.2, -0.15) is 0 Å². The molecule has 1 atom stereocenters. The Morgan fingerprint density at radius 2 is 1.85 bits per heavy atom. The summed E-state index contributed by atoms with van der Waals surface area (Å²) in [4.78, 5) is 0.387. The quantitative estimate of drug-likeness (QED) is 0.754. The van der Waals surface area contributed by atoms with Gasteiger partial charge in [0, 0.05) is 13.2 Å². The van der Waals surface area contributed by atoms with Crippen LogP contribution >= 0.6 is 0 Å². The smallest absolute Gasteiger partial charge is 0.264 e. The number of sulfonamides is 1. The largest absolute Gasteiger partial charge is 0.374 e. The van der Waals surface area contributed by atoms with E-state index in [0.717, 1.165) is 62.8 Å². The number of rotatable bonds is 3. The Bertz CT molecular complexity index is 852. The van der Waals surface area contributed by atoms with Crippen molar-refractivity contribution in [2.24, 2.45) is 0 Å². The summed E-state index contributed by atoms with van der Waals surface area (Å²) >= 11 is 0. The number of ether oxygens (including phenoxy) is 1. The molecular weight excluding hydrogens is 358 g/mol. The Morgan fingerprint density at radius 3 is 2.59 bits per heavy atom. The van der Waals surface area contributed by atoms with E-state index in [1.807, 2.05) is 19.1 Å². The van der Waals surface area contributed by atoms with Gasteiger partial charge in [0.15, 0.2) is 0 Å². The standard InChI is InChI=1S/C22H29NO3S/c1-17-11-13-19(14-12-17)27(24,25)23-15-5-10-21-20(9-6-16-26-21)22(23)18-7-3-2-4-8-18/h7,11-14,21H,2-6,8-10,15-16H2,1H3. The molecule has 1 aromatic carbocycles. The number of nitrogens with zero attached hydrogens (tertiary/aromatic N) is 1. The van der Waals surface area contributed by atoms with Crippen LogP contribution in [-0.4, -0.2) is 32.0 Å². The molecule has 0 N–H and O–H groups in total. The third-order valence-corrected chi connectivity index (χ3v) is 7.70. The third-order valence-electron chi connectivity index (χ3n) is 5.88. The van der Waals surface area contributed by atoms with Crippen LogP contribution in [-0.2, 0) is 14.8 Å². The van der Waals surface area contributed by atoms with E-state index < -0.39 is 10.0 Å². The van der Waals surface area contributed by atoms with Gasteiger partial charge in [0.25, 0.3) is 10.0 Å². The van der Waals surface area contributed by atoms with Gasteiger partial charge in [0.1, 0.15) is 0 Å². The van der Waals surface area contributed by atoms with Crippen molar-refractivity contribution in [2.45, 2.75) is 69.3 Å². The molecule has 1 aliphatic carbocycles. The molecule has 0 radical (unpaired) electrons. The first-order valence-electron chi connectivity index (χ1n) is 10.2. The molecule has 2 aliphatic heterocycles. The highest BCUT2D eigenvalue weighted by molar-refractivity contribution is 7.89. The summed E-state index contributed by atoms with van der Waals surface area (Å²) in [5, 5.41) is 0. The lowest BCUT2D eigenvalue weighted by Gasteiger charge is -2.33. The normalized spacial score (nSPS) is 24.3. The maximum absolute atomic E-state index is 13.6. The van der Waals surface area contributed by atoms with Gasteiger partial charge >= 0.3 is 0 Å². The zero-order valence-corrected chi connectivity index (χ0v) is 16.9. The van der Waals surface area contributed by atoms with Crippen molar-refractivity contribution in [3.05, 3.63) is 52.7 Å². The van der Waals surface area contributed by atoms with Crippen molar-refractivity contribution in [3.8, 4) is 0 Å². The highest BCUT2D eigenvalue weighted by Crippen LogP contribution is 2.39. The number of hydrogen-bond donors (Lipinski definition) is 0. The van der Waals surface area contributed by atoms with E-state index >= 15 is 0 Å². The fourth-order valence-electron chi connectivity index (χ4n) is 4.47. The molecule has 2 heterocycles. The lowest BCUT2D eigenvalue weighted by Crippen LogP contribution is -2.33. The Labute approximate surface area is 163 Å². The van der Waals surface area contributed by atoms with E-state index in [4.69, 9.17) is 4.74 Å². The van der Waals surface area contributed by atoms with Gasteiger partial charge in [-0.25, -0.2) is 8.42 Å². The maximum Gasteiger partial charge on any atom is 0.264 e. The van der Waals surface area contributed by atoms with Gasteiger partial charge in [-0.05, 0) is 81.6 Å². The predicted octanol–water partition coefficient (Wildman–Crippen LogP) is 4.71. The fraction of sp³-hybridized carbons (Fsp3) is 0.545. The summed E-state index contributed by atoms with van der Waals surface area (Å²) < 4.78 is 35.0. The lowest BCUT2D eigenvalue weighted by atomic mass is 9.90. The van der Waals surface area contributed by atoms with E-state index in [0.29, 0.717) is 11.4 Å². The van der Waals surface area contributed by atoms with Crippen LogP contribution < -0.4 is 0 Å². The molecule has 1 saturated heterocycles. The molecule has 1 aromatic rings. The van der Waals surface area contributed by atoms with E-state index in [1.165, 1.54) is 17.6 Å². The Balaban J connectivity index is 1.83. The molecule has 4 rings (SSSR count). The summed E-state index contributed by atoms with van der Waals surface area (Å²) in [6.07, 6.45) is 10.3. The molecule has 146 valence electrons. The molecule has 0 spiro atoms. The van der Waals surface area contributed by atoms with Crippen LogP contribution in [0.15, 0.2) is 52.1 Å². The minimum Gasteiger partial charge on any atom is -0.374 e. The molecule has 0 aromatic heterocycles. The number of allylic oxidation sites excluding steroid dienone is 2. The second kappa shape index (κ2) is 7.80. The predicted molar refractivity (Wildman–Crippen MR) is 107 cm³/mol. The molecular formula is C22H29NO3S. The molecule has 5 heteroatoms. The number of fused-ring (bicyclic) bond motifs is 1. The van der Waals surface area contributed by atoms with Crippen LogP contribution in [0.25, 0.3) is 0 Å². The van der Waals surface area contributed by atoms with Gasteiger partial charge in [-0.3, -0.25) is 4.31 Å². The fourth-order valence-corrected chi connectivity index (χ4v) is 6.05. The minimum absolute atomic E-state index is 0.0785. The molecule has 0 saturated carbocycles. The molecule has 0 bridgehead atoms. The van der Waals surface area contributed by atoms with Crippen LogP contribution in [0, 0.1) is 6.92 Å². The van der Waals surface area contributed by atoms with E-state index in [9.17, 15) is 8.42 Å². The van der Waals surface area contributed by atoms with E-state index in [-0.39, 0.29) is 6.10 Å². The summed E-state index contributed by atoms with van der Waals surface area (Å²) in [5.41, 5.74) is 4.45. The highest BCUT2D eigenvalue weighted by atomic mass is 32.2. The van der Waals surface area contributed by atoms with Crippen LogP contribution in [0.1, 0.15) is 56.9 Å². The first-order valence-corrected chi connectivity index (χ1v) is 11.6. The second-order valence-corrected chi connectivity index (χ2v) is 9.71.